The Hall–Kier alpha value is -1.02. The predicted molar refractivity (Wildman–Crippen MR) is 130 cm³/mol. The summed E-state index contributed by atoms with van der Waals surface area (Å²) in [4.78, 5) is 2.37. The molecule has 2 aromatic rings. The second-order valence-electron chi connectivity index (χ2n) is 9.72. The van der Waals surface area contributed by atoms with Crippen molar-refractivity contribution < 1.29 is 0 Å². The average molecular weight is 444 g/mol. The topological polar surface area (TPSA) is 3.24 Å². The second kappa shape index (κ2) is 8.85. The van der Waals surface area contributed by atoms with Crippen molar-refractivity contribution in [2.24, 2.45) is 0 Å². The summed E-state index contributed by atoms with van der Waals surface area (Å²) in [7, 11) is 0. The Morgan fingerprint density at radius 3 is 1.87 bits per heavy atom. The summed E-state index contributed by atoms with van der Waals surface area (Å²) in [5.41, 5.74) is 5.55. The Kier molecular flexibility index (Phi) is 6.54. The van der Waals surface area contributed by atoms with E-state index in [9.17, 15) is 0 Å². The van der Waals surface area contributed by atoms with Gasteiger partial charge < -0.3 is 0 Å². The molecule has 0 aromatic heterocycles. The minimum absolute atomic E-state index is 0.137. The highest BCUT2D eigenvalue weighted by Gasteiger charge is 2.48. The van der Waals surface area contributed by atoms with Crippen molar-refractivity contribution in [1.82, 2.24) is 4.90 Å². The maximum atomic E-state index is 6.91. The monoisotopic (exact) mass is 443 g/mol. The zero-order valence-electron chi connectivity index (χ0n) is 18.6. The number of benzene rings is 2. The molecule has 162 valence electrons. The Morgan fingerprint density at radius 1 is 0.800 bits per heavy atom. The lowest BCUT2D eigenvalue weighted by Crippen LogP contribution is -2.40. The van der Waals surface area contributed by atoms with Crippen LogP contribution >= 0.6 is 23.2 Å². The van der Waals surface area contributed by atoms with Crippen molar-refractivity contribution >= 4 is 23.2 Å². The van der Waals surface area contributed by atoms with Crippen LogP contribution in [0.5, 0.6) is 0 Å². The summed E-state index contributed by atoms with van der Waals surface area (Å²) in [5, 5.41) is 0. The molecule has 2 fully saturated rings. The molecule has 2 aliphatic rings. The van der Waals surface area contributed by atoms with Crippen LogP contribution in [0.3, 0.4) is 0 Å². The van der Waals surface area contributed by atoms with Crippen LogP contribution in [-0.4, -0.2) is 23.5 Å². The number of rotatable bonds is 10. The number of hydrogen-bond acceptors (Lipinski definition) is 1. The lowest BCUT2D eigenvalue weighted by atomic mass is 9.90. The van der Waals surface area contributed by atoms with Gasteiger partial charge in [-0.05, 0) is 88.0 Å². The van der Waals surface area contributed by atoms with E-state index in [0.29, 0.717) is 12.1 Å². The van der Waals surface area contributed by atoms with E-state index < -0.39 is 0 Å². The molecule has 0 aliphatic heterocycles. The highest BCUT2D eigenvalue weighted by Crippen LogP contribution is 2.58. The largest absolute Gasteiger partial charge is 0.298 e. The fourth-order valence-electron chi connectivity index (χ4n) is 4.86. The number of alkyl halides is 2. The average Bonchev–Trinajstić information content (AvgIpc) is 3.66. The summed E-state index contributed by atoms with van der Waals surface area (Å²) in [6.07, 6.45) is 7.65. The van der Waals surface area contributed by atoms with Gasteiger partial charge >= 0.3 is 0 Å². The molecule has 1 nitrogen and oxygen atoms in total. The van der Waals surface area contributed by atoms with Crippen molar-refractivity contribution in [1.29, 1.82) is 0 Å². The SMILES string of the molecule is CC(C)N(CCc1ccccc1)C(C)CCc1c(C2(Cl)CC2)cccc1C1(Cl)CC1. The van der Waals surface area contributed by atoms with Gasteiger partial charge in [0.2, 0.25) is 0 Å². The summed E-state index contributed by atoms with van der Waals surface area (Å²) >= 11 is 13.8. The van der Waals surface area contributed by atoms with Gasteiger partial charge in [-0.25, -0.2) is 0 Å². The van der Waals surface area contributed by atoms with E-state index in [2.05, 4.69) is 74.2 Å². The van der Waals surface area contributed by atoms with Gasteiger partial charge in [-0.2, -0.15) is 0 Å². The molecule has 30 heavy (non-hydrogen) atoms. The Labute approximate surface area is 192 Å². The molecule has 3 heteroatoms. The van der Waals surface area contributed by atoms with Crippen molar-refractivity contribution in [3.63, 3.8) is 0 Å². The molecule has 4 rings (SSSR count). The third-order valence-electron chi connectivity index (χ3n) is 7.06. The molecular formula is C27H35Cl2N. The van der Waals surface area contributed by atoms with Crippen molar-refractivity contribution in [3.8, 4) is 0 Å². The van der Waals surface area contributed by atoms with Crippen molar-refractivity contribution in [2.45, 2.75) is 87.5 Å². The van der Waals surface area contributed by atoms with Gasteiger partial charge in [0.15, 0.2) is 0 Å². The van der Waals surface area contributed by atoms with E-state index in [4.69, 9.17) is 23.2 Å². The molecule has 2 aliphatic carbocycles. The van der Waals surface area contributed by atoms with Crippen LogP contribution in [0.15, 0.2) is 48.5 Å². The highest BCUT2D eigenvalue weighted by molar-refractivity contribution is 6.27. The molecule has 0 spiro atoms. The zero-order valence-corrected chi connectivity index (χ0v) is 20.1. The normalized spacial score (nSPS) is 19.8. The molecule has 0 saturated heterocycles. The van der Waals surface area contributed by atoms with Crippen LogP contribution in [0.1, 0.15) is 75.1 Å². The molecule has 2 aromatic carbocycles. The van der Waals surface area contributed by atoms with Gasteiger partial charge in [0.1, 0.15) is 0 Å². The first-order valence-corrected chi connectivity index (χ1v) is 12.4. The third kappa shape index (κ3) is 4.90. The minimum Gasteiger partial charge on any atom is -0.298 e. The van der Waals surface area contributed by atoms with Crippen LogP contribution in [-0.2, 0) is 22.6 Å². The molecule has 0 radical (unpaired) electrons. The highest BCUT2D eigenvalue weighted by atomic mass is 35.5. The van der Waals surface area contributed by atoms with Gasteiger partial charge in [-0.15, -0.1) is 23.2 Å². The Morgan fingerprint density at radius 2 is 1.37 bits per heavy atom. The summed E-state index contributed by atoms with van der Waals surface area (Å²) in [6, 6.07) is 18.6. The maximum Gasteiger partial charge on any atom is 0.0699 e. The standard InChI is InChI=1S/C27H35Cl2N/c1-20(2)30(19-14-22-8-5-4-6-9-22)21(3)12-13-23-24(26(28)15-16-26)10-7-11-25(23)27(29)17-18-27/h4-11,20-21H,12-19H2,1-3H3. The fraction of sp³-hybridized carbons (Fsp3) is 0.556. The van der Waals surface area contributed by atoms with Crippen LogP contribution in [0.25, 0.3) is 0 Å². The van der Waals surface area contributed by atoms with Crippen molar-refractivity contribution in [3.05, 3.63) is 70.8 Å². The molecule has 1 atom stereocenters. The molecular weight excluding hydrogens is 409 g/mol. The third-order valence-corrected chi connectivity index (χ3v) is 8.23. The van der Waals surface area contributed by atoms with E-state index in [-0.39, 0.29) is 9.75 Å². The predicted octanol–water partition coefficient (Wildman–Crippen LogP) is 7.42. The molecule has 2 saturated carbocycles. The number of nitrogens with zero attached hydrogens (tertiary/aromatic N) is 1. The quantitative estimate of drug-likeness (QED) is 0.345. The van der Waals surface area contributed by atoms with E-state index in [1.165, 1.54) is 22.3 Å². The molecule has 0 N–H and O–H groups in total. The van der Waals surface area contributed by atoms with E-state index >= 15 is 0 Å². The van der Waals surface area contributed by atoms with Gasteiger partial charge in [-0.1, -0.05) is 48.5 Å². The smallest absolute Gasteiger partial charge is 0.0699 e. The number of halogens is 2. The first-order valence-electron chi connectivity index (χ1n) is 11.6. The Bertz CT molecular complexity index is 816. The van der Waals surface area contributed by atoms with E-state index in [1.54, 1.807) is 0 Å². The van der Waals surface area contributed by atoms with Crippen LogP contribution in [0.4, 0.5) is 0 Å². The minimum atomic E-state index is -0.137. The van der Waals surface area contributed by atoms with Gasteiger partial charge in [0, 0.05) is 18.6 Å². The molecule has 1 unspecified atom stereocenters. The van der Waals surface area contributed by atoms with Crippen LogP contribution in [0, 0.1) is 0 Å². The lowest BCUT2D eigenvalue weighted by molar-refractivity contribution is 0.158. The summed E-state index contributed by atoms with van der Waals surface area (Å²) < 4.78 is 0. The van der Waals surface area contributed by atoms with Gasteiger partial charge in [0.25, 0.3) is 0 Å². The lowest BCUT2D eigenvalue weighted by Gasteiger charge is -2.33. The molecule has 0 bridgehead atoms. The first-order chi connectivity index (χ1) is 14.3. The van der Waals surface area contributed by atoms with Crippen LogP contribution < -0.4 is 0 Å². The Balaban J connectivity index is 1.47. The second-order valence-corrected chi connectivity index (χ2v) is 11.2. The van der Waals surface area contributed by atoms with E-state index in [1.807, 2.05) is 0 Å². The molecule has 0 amide bonds. The summed E-state index contributed by atoms with van der Waals surface area (Å²) in [5.74, 6) is 0. The van der Waals surface area contributed by atoms with Crippen LogP contribution in [0.2, 0.25) is 0 Å². The van der Waals surface area contributed by atoms with E-state index in [0.717, 1.165) is 51.5 Å². The summed E-state index contributed by atoms with van der Waals surface area (Å²) in [6.45, 7) is 8.11. The fourth-order valence-corrected chi connectivity index (χ4v) is 5.41. The maximum absolute atomic E-state index is 6.91. The van der Waals surface area contributed by atoms with Gasteiger partial charge in [0.05, 0.1) is 9.75 Å². The van der Waals surface area contributed by atoms with Crippen molar-refractivity contribution in [2.75, 3.05) is 6.54 Å². The first kappa shape index (κ1) is 22.2. The van der Waals surface area contributed by atoms with Gasteiger partial charge in [-0.3, -0.25) is 4.90 Å². The number of hydrogen-bond donors (Lipinski definition) is 0. The molecule has 0 heterocycles. The zero-order chi connectivity index (χ0) is 21.4.